The van der Waals surface area contributed by atoms with Crippen molar-refractivity contribution in [2.45, 2.75) is 25.4 Å². The van der Waals surface area contributed by atoms with Crippen LogP contribution < -0.4 is 5.32 Å². The number of halogens is 1. The van der Waals surface area contributed by atoms with Gasteiger partial charge in [0.15, 0.2) is 0 Å². The largest absolute Gasteiger partial charge is 0.472 e. The monoisotopic (exact) mass is 197 g/mol. The van der Waals surface area contributed by atoms with Gasteiger partial charge < -0.3 is 9.73 Å². The number of hydrogen-bond acceptors (Lipinski definition) is 2. The van der Waals surface area contributed by atoms with Crippen molar-refractivity contribution in [1.29, 1.82) is 0 Å². The first-order valence-electron chi connectivity index (χ1n) is 5.13. The van der Waals surface area contributed by atoms with Gasteiger partial charge >= 0.3 is 0 Å². The Hall–Kier alpha value is -0.830. The fourth-order valence-corrected chi connectivity index (χ4v) is 2.09. The van der Waals surface area contributed by atoms with Crippen molar-refractivity contribution >= 4 is 0 Å². The average molecular weight is 197 g/mol. The average Bonchev–Trinajstić information content (AvgIpc) is 2.72. The van der Waals surface area contributed by atoms with E-state index >= 15 is 0 Å². The van der Waals surface area contributed by atoms with Crippen molar-refractivity contribution in [2.24, 2.45) is 5.92 Å². The lowest BCUT2D eigenvalue weighted by atomic mass is 9.81. The summed E-state index contributed by atoms with van der Waals surface area (Å²) >= 11 is 0. The molecule has 0 radical (unpaired) electrons. The molecule has 2 heterocycles. The van der Waals surface area contributed by atoms with E-state index in [0.29, 0.717) is 5.56 Å². The van der Waals surface area contributed by atoms with Gasteiger partial charge in [-0.1, -0.05) is 0 Å². The maximum absolute atomic E-state index is 14.4. The molecule has 0 amide bonds. The van der Waals surface area contributed by atoms with Crippen LogP contribution >= 0.6 is 0 Å². The number of nitrogens with one attached hydrogen (secondary N) is 1. The molecular formula is C11H16FNO. The van der Waals surface area contributed by atoms with Crippen molar-refractivity contribution < 1.29 is 8.81 Å². The molecule has 1 saturated heterocycles. The van der Waals surface area contributed by atoms with Crippen molar-refractivity contribution in [3.63, 3.8) is 0 Å². The fourth-order valence-electron chi connectivity index (χ4n) is 2.09. The molecule has 1 aromatic rings. The Bertz CT molecular complexity index is 275. The Morgan fingerprint density at radius 1 is 1.64 bits per heavy atom. The number of furan rings is 1. The van der Waals surface area contributed by atoms with E-state index in [2.05, 4.69) is 5.32 Å². The Kier molecular flexibility index (Phi) is 2.59. The SMILES string of the molecule is CC(F)(c1ccoc1)C1CCCNC1. The number of hydrogen-bond donors (Lipinski definition) is 1. The maximum atomic E-state index is 14.4. The normalized spacial score (nSPS) is 27.1. The van der Waals surface area contributed by atoms with E-state index in [4.69, 9.17) is 4.42 Å². The lowest BCUT2D eigenvalue weighted by Crippen LogP contribution is -2.39. The predicted molar refractivity (Wildman–Crippen MR) is 52.8 cm³/mol. The molecule has 78 valence electrons. The molecule has 2 unspecified atom stereocenters. The second-order valence-electron chi connectivity index (χ2n) is 4.13. The van der Waals surface area contributed by atoms with Crippen molar-refractivity contribution in [3.8, 4) is 0 Å². The quantitative estimate of drug-likeness (QED) is 0.787. The minimum Gasteiger partial charge on any atom is -0.472 e. The van der Waals surface area contributed by atoms with E-state index in [0.717, 1.165) is 25.9 Å². The van der Waals surface area contributed by atoms with Crippen LogP contribution in [0.5, 0.6) is 0 Å². The minimum absolute atomic E-state index is 0.0637. The van der Waals surface area contributed by atoms with Gasteiger partial charge in [-0.05, 0) is 32.4 Å². The van der Waals surface area contributed by atoms with Gasteiger partial charge in [-0.2, -0.15) is 0 Å². The van der Waals surface area contributed by atoms with Crippen molar-refractivity contribution in [2.75, 3.05) is 13.1 Å². The first-order valence-corrected chi connectivity index (χ1v) is 5.13. The zero-order chi connectivity index (χ0) is 10.0. The lowest BCUT2D eigenvalue weighted by Gasteiger charge is -2.33. The molecule has 2 nitrogen and oxygen atoms in total. The second-order valence-corrected chi connectivity index (χ2v) is 4.13. The first kappa shape index (κ1) is 9.71. The number of piperidine rings is 1. The van der Waals surface area contributed by atoms with Crippen LogP contribution in [0.3, 0.4) is 0 Å². The van der Waals surface area contributed by atoms with E-state index in [9.17, 15) is 4.39 Å². The molecule has 1 aromatic heterocycles. The molecule has 0 bridgehead atoms. The van der Waals surface area contributed by atoms with Gasteiger partial charge in [0, 0.05) is 18.0 Å². The number of rotatable bonds is 2. The molecule has 0 spiro atoms. The van der Waals surface area contributed by atoms with Gasteiger partial charge in [0.1, 0.15) is 5.67 Å². The molecule has 0 saturated carbocycles. The molecule has 0 aromatic carbocycles. The predicted octanol–water partition coefficient (Wildman–Crippen LogP) is 2.46. The third kappa shape index (κ3) is 1.69. The molecule has 1 N–H and O–H groups in total. The molecular weight excluding hydrogens is 181 g/mol. The highest BCUT2D eigenvalue weighted by Gasteiger charge is 2.37. The van der Waals surface area contributed by atoms with Crippen LogP contribution in [0.1, 0.15) is 25.3 Å². The molecule has 0 aliphatic carbocycles. The summed E-state index contributed by atoms with van der Waals surface area (Å²) in [6.07, 6.45) is 5.05. The smallest absolute Gasteiger partial charge is 0.140 e. The van der Waals surface area contributed by atoms with E-state index < -0.39 is 5.67 Å². The number of alkyl halides is 1. The first-order chi connectivity index (χ1) is 6.71. The van der Waals surface area contributed by atoms with Gasteiger partial charge in [-0.15, -0.1) is 0 Å². The minimum atomic E-state index is -1.26. The highest BCUT2D eigenvalue weighted by atomic mass is 19.1. The summed E-state index contributed by atoms with van der Waals surface area (Å²) in [7, 11) is 0. The van der Waals surface area contributed by atoms with Crippen LogP contribution in [-0.4, -0.2) is 13.1 Å². The van der Waals surface area contributed by atoms with Crippen LogP contribution in [0.2, 0.25) is 0 Å². The second kappa shape index (κ2) is 3.73. The summed E-state index contributed by atoms with van der Waals surface area (Å²) in [5, 5.41) is 3.23. The van der Waals surface area contributed by atoms with Crippen LogP contribution in [0.25, 0.3) is 0 Å². The van der Waals surface area contributed by atoms with Crippen molar-refractivity contribution in [3.05, 3.63) is 24.2 Å². The molecule has 1 aliphatic rings. The third-order valence-electron chi connectivity index (χ3n) is 3.15. The topological polar surface area (TPSA) is 25.2 Å². The van der Waals surface area contributed by atoms with E-state index in [-0.39, 0.29) is 5.92 Å². The van der Waals surface area contributed by atoms with Crippen LogP contribution in [0, 0.1) is 5.92 Å². The Labute approximate surface area is 83.5 Å². The van der Waals surface area contributed by atoms with Crippen molar-refractivity contribution in [1.82, 2.24) is 5.32 Å². The van der Waals surface area contributed by atoms with E-state index in [1.54, 1.807) is 13.0 Å². The van der Waals surface area contributed by atoms with Gasteiger partial charge in [0.2, 0.25) is 0 Å². The van der Waals surface area contributed by atoms with Gasteiger partial charge in [-0.3, -0.25) is 0 Å². The maximum Gasteiger partial charge on any atom is 0.140 e. The third-order valence-corrected chi connectivity index (χ3v) is 3.15. The van der Waals surface area contributed by atoms with Gasteiger partial charge in [0.05, 0.1) is 12.5 Å². The summed E-state index contributed by atoms with van der Waals surface area (Å²) in [5.41, 5.74) is -0.605. The molecule has 1 fully saturated rings. The zero-order valence-electron chi connectivity index (χ0n) is 8.42. The fraction of sp³-hybridized carbons (Fsp3) is 0.636. The summed E-state index contributed by atoms with van der Waals surface area (Å²) < 4.78 is 19.4. The molecule has 14 heavy (non-hydrogen) atoms. The van der Waals surface area contributed by atoms with Gasteiger partial charge in [0.25, 0.3) is 0 Å². The summed E-state index contributed by atoms with van der Waals surface area (Å²) in [4.78, 5) is 0. The highest BCUT2D eigenvalue weighted by molar-refractivity contribution is 5.17. The Morgan fingerprint density at radius 3 is 3.07 bits per heavy atom. The van der Waals surface area contributed by atoms with Crippen LogP contribution in [-0.2, 0) is 5.67 Å². The van der Waals surface area contributed by atoms with Gasteiger partial charge in [-0.25, -0.2) is 4.39 Å². The van der Waals surface area contributed by atoms with Crippen LogP contribution in [0.4, 0.5) is 4.39 Å². The molecule has 2 rings (SSSR count). The molecule has 3 heteroatoms. The van der Waals surface area contributed by atoms with E-state index in [1.807, 2.05) is 0 Å². The standard InChI is InChI=1S/C11H16FNO/c1-11(12,10-4-6-14-8-10)9-3-2-5-13-7-9/h4,6,8-9,13H,2-3,5,7H2,1H3. The Morgan fingerprint density at radius 2 is 2.50 bits per heavy atom. The highest BCUT2D eigenvalue weighted by Crippen LogP contribution is 2.37. The lowest BCUT2D eigenvalue weighted by molar-refractivity contribution is 0.0805. The van der Waals surface area contributed by atoms with E-state index in [1.165, 1.54) is 12.5 Å². The summed E-state index contributed by atoms with van der Waals surface area (Å²) in [5.74, 6) is 0.0637. The zero-order valence-corrected chi connectivity index (χ0v) is 8.42. The Balaban J connectivity index is 2.14. The summed E-state index contributed by atoms with van der Waals surface area (Å²) in [6.45, 7) is 3.42. The van der Waals surface area contributed by atoms with Crippen LogP contribution in [0.15, 0.2) is 23.0 Å². The molecule has 1 aliphatic heterocycles. The summed E-state index contributed by atoms with van der Waals surface area (Å²) in [6, 6.07) is 1.72. The molecule has 2 atom stereocenters.